The molecule has 282 valence electrons. The van der Waals surface area contributed by atoms with E-state index >= 15 is 0 Å². The molecule has 52 heavy (non-hydrogen) atoms. The zero-order valence-electron chi connectivity index (χ0n) is 33.7. The van der Waals surface area contributed by atoms with Crippen molar-refractivity contribution in [1.82, 2.24) is 0 Å². The third kappa shape index (κ3) is 6.58. The molecule has 4 aliphatic rings. The van der Waals surface area contributed by atoms with Gasteiger partial charge in [-0.05, 0) is 142 Å². The zero-order valence-corrected chi connectivity index (χ0v) is 33.7. The van der Waals surface area contributed by atoms with Crippen LogP contribution in [0.3, 0.4) is 0 Å². The Hall–Kier alpha value is -3.31. The van der Waals surface area contributed by atoms with Gasteiger partial charge in [0.1, 0.15) is 22.8 Å². The van der Waals surface area contributed by atoms with Gasteiger partial charge in [-0.25, -0.2) is 0 Å². The zero-order chi connectivity index (χ0) is 37.6. The van der Waals surface area contributed by atoms with Crippen molar-refractivity contribution in [2.24, 2.45) is 39.4 Å². The third-order valence-corrected chi connectivity index (χ3v) is 14.9. The molecule has 0 bridgehead atoms. The summed E-state index contributed by atoms with van der Waals surface area (Å²) in [4.78, 5) is 12.2. The van der Waals surface area contributed by atoms with Gasteiger partial charge in [-0.2, -0.15) is 0 Å². The topological polar surface area (TPSA) is 68.9 Å². The lowest BCUT2D eigenvalue weighted by atomic mass is 9.43. The highest BCUT2D eigenvalue weighted by Gasteiger charge is 2.63. The van der Waals surface area contributed by atoms with Gasteiger partial charge in [-0.15, -0.1) is 0 Å². The first-order valence-electron chi connectivity index (χ1n) is 19.9. The Labute approximate surface area is 312 Å². The van der Waals surface area contributed by atoms with E-state index in [0.29, 0.717) is 50.4 Å². The number of aliphatic hydroxyl groups excluding tert-OH is 1. The van der Waals surface area contributed by atoms with Gasteiger partial charge in [0.25, 0.3) is 0 Å². The number of benzene rings is 2. The lowest BCUT2D eigenvalue weighted by Crippen LogP contribution is -2.55. The van der Waals surface area contributed by atoms with Gasteiger partial charge in [-0.3, -0.25) is 4.79 Å². The highest BCUT2D eigenvalue weighted by atomic mass is 16.5. The van der Waals surface area contributed by atoms with Crippen LogP contribution in [0.15, 0.2) is 80.5 Å². The predicted molar refractivity (Wildman–Crippen MR) is 214 cm³/mol. The Balaban J connectivity index is 0.000000192. The van der Waals surface area contributed by atoms with Crippen LogP contribution in [0.4, 0.5) is 0 Å². The maximum atomic E-state index is 12.2. The van der Waals surface area contributed by atoms with Crippen molar-refractivity contribution in [3.8, 4) is 22.8 Å². The van der Waals surface area contributed by atoms with Gasteiger partial charge in [0.2, 0.25) is 0 Å². The summed E-state index contributed by atoms with van der Waals surface area (Å²) in [6.45, 7) is 19.6. The number of aliphatic hydroxyl groups is 1. The largest absolute Gasteiger partial charge is 0.497 e. The van der Waals surface area contributed by atoms with Crippen LogP contribution in [0.5, 0.6) is 11.5 Å². The molecule has 0 aliphatic heterocycles. The molecule has 5 heteroatoms. The average molecular weight is 709 g/mol. The number of hydrogen-bond donors (Lipinski definition) is 1. The summed E-state index contributed by atoms with van der Waals surface area (Å²) in [6, 6.07) is 14.0. The van der Waals surface area contributed by atoms with Crippen molar-refractivity contribution >= 4 is 11.0 Å². The normalized spacial score (nSPS) is 31.0. The summed E-state index contributed by atoms with van der Waals surface area (Å²) in [6.07, 6.45) is 15.2. The lowest BCUT2D eigenvalue weighted by molar-refractivity contribution is -0.0962. The molecule has 7 atom stereocenters. The molecule has 0 spiro atoms. The maximum absolute atomic E-state index is 12.2. The van der Waals surface area contributed by atoms with E-state index < -0.39 is 0 Å². The second kappa shape index (κ2) is 14.5. The second-order valence-electron chi connectivity index (χ2n) is 18.1. The summed E-state index contributed by atoms with van der Waals surface area (Å²) >= 11 is 0. The SMILES string of the molecule is CC(C)=CCCC(C)C1CCC2(C)C3=C(CCC12C)C1(C)CCC(O)C(C)(C)C1CC3.COc1cccc(-c2cc(=O)c3ccc(OC)cc3o2)c1. The average Bonchev–Trinajstić information content (AvgIpc) is 3.40. The minimum atomic E-state index is -0.130. The van der Waals surface area contributed by atoms with Crippen LogP contribution < -0.4 is 14.9 Å². The van der Waals surface area contributed by atoms with Crippen LogP contribution in [0.2, 0.25) is 0 Å². The molecule has 7 rings (SSSR count). The minimum absolute atomic E-state index is 0.0465. The first-order valence-corrected chi connectivity index (χ1v) is 19.9. The van der Waals surface area contributed by atoms with Gasteiger partial charge >= 0.3 is 0 Å². The summed E-state index contributed by atoms with van der Waals surface area (Å²) in [5, 5.41) is 11.3. The predicted octanol–water partition coefficient (Wildman–Crippen LogP) is 12.0. The van der Waals surface area contributed by atoms with Crippen molar-refractivity contribution in [2.45, 2.75) is 126 Å². The number of methoxy groups -OCH3 is 2. The van der Waals surface area contributed by atoms with Crippen LogP contribution in [0.25, 0.3) is 22.3 Å². The molecule has 1 aromatic heterocycles. The third-order valence-electron chi connectivity index (χ3n) is 14.9. The van der Waals surface area contributed by atoms with Gasteiger partial charge in [0.05, 0.1) is 25.7 Å². The van der Waals surface area contributed by atoms with E-state index in [4.69, 9.17) is 13.9 Å². The molecule has 0 radical (unpaired) electrons. The Morgan fingerprint density at radius 3 is 2.35 bits per heavy atom. The van der Waals surface area contributed by atoms with Gasteiger partial charge in [-0.1, -0.05) is 76.5 Å². The first-order chi connectivity index (χ1) is 24.6. The summed E-state index contributed by atoms with van der Waals surface area (Å²) in [5.74, 6) is 4.18. The molecule has 4 aliphatic carbocycles. The Morgan fingerprint density at radius 1 is 0.904 bits per heavy atom. The van der Waals surface area contributed by atoms with Crippen LogP contribution in [0, 0.1) is 39.4 Å². The van der Waals surface area contributed by atoms with Gasteiger partial charge in [0.15, 0.2) is 5.43 Å². The Bertz CT molecular complexity index is 1890. The smallest absolute Gasteiger partial charge is 0.193 e. The van der Waals surface area contributed by atoms with E-state index in [1.165, 1.54) is 69.4 Å². The van der Waals surface area contributed by atoms with Gasteiger partial charge < -0.3 is 19.0 Å². The molecule has 0 amide bonds. The number of hydrogen-bond acceptors (Lipinski definition) is 5. The fraction of sp³-hybridized carbons (Fsp3) is 0.596. The molecule has 1 heterocycles. The highest BCUT2D eigenvalue weighted by molar-refractivity contribution is 5.80. The van der Waals surface area contributed by atoms with Crippen LogP contribution in [-0.2, 0) is 0 Å². The van der Waals surface area contributed by atoms with E-state index in [1.54, 1.807) is 32.4 Å². The molecule has 1 N–H and O–H groups in total. The van der Waals surface area contributed by atoms with Crippen molar-refractivity contribution in [3.05, 3.63) is 81.5 Å². The lowest BCUT2D eigenvalue weighted by Gasteiger charge is -2.62. The quantitative estimate of drug-likeness (QED) is 0.247. The molecular weight excluding hydrogens is 645 g/mol. The van der Waals surface area contributed by atoms with Crippen molar-refractivity contribution < 1.29 is 19.0 Å². The Morgan fingerprint density at radius 2 is 1.63 bits per heavy atom. The van der Waals surface area contributed by atoms with Crippen molar-refractivity contribution in [1.29, 1.82) is 0 Å². The summed E-state index contributed by atoms with van der Waals surface area (Å²) < 4.78 is 16.2. The molecular formula is C47H64O5. The number of allylic oxidation sites excluding steroid dienone is 4. The molecule has 0 saturated heterocycles. The van der Waals surface area contributed by atoms with Crippen molar-refractivity contribution in [3.63, 3.8) is 0 Å². The molecule has 7 unspecified atom stereocenters. The van der Waals surface area contributed by atoms with E-state index in [-0.39, 0.29) is 16.9 Å². The minimum Gasteiger partial charge on any atom is -0.497 e. The van der Waals surface area contributed by atoms with E-state index in [1.807, 2.05) is 35.4 Å². The standard InChI is InChI=1S/C30H50O.C17H14O4/c1-20(2)10-9-11-21(3)22-14-18-30(8)24-12-13-25-27(4,5)26(31)16-17-28(25,6)23(24)15-19-29(22,30)7;1-19-12-5-3-4-11(8-12)16-10-15(18)14-7-6-13(20-2)9-17(14)21-16/h10,21-22,25-26,31H,9,11-19H2,1-8H3;3-10H,1-2H3. The molecule has 2 fully saturated rings. The van der Waals surface area contributed by atoms with Crippen LogP contribution in [-0.4, -0.2) is 25.4 Å². The highest BCUT2D eigenvalue weighted by Crippen LogP contribution is 2.72. The second-order valence-corrected chi connectivity index (χ2v) is 18.1. The number of ether oxygens (including phenoxy) is 2. The molecule has 3 aromatic rings. The number of rotatable bonds is 7. The summed E-state index contributed by atoms with van der Waals surface area (Å²) in [5.41, 5.74) is 7.61. The Kier molecular flexibility index (Phi) is 10.7. The van der Waals surface area contributed by atoms with E-state index in [9.17, 15) is 9.90 Å². The molecule has 2 aromatic carbocycles. The van der Waals surface area contributed by atoms with E-state index in [0.717, 1.165) is 23.8 Å². The van der Waals surface area contributed by atoms with Gasteiger partial charge in [0, 0.05) is 17.7 Å². The molecule has 5 nitrogen and oxygen atoms in total. The number of fused-ring (bicyclic) bond motifs is 5. The van der Waals surface area contributed by atoms with Crippen LogP contribution in [0.1, 0.15) is 120 Å². The summed E-state index contributed by atoms with van der Waals surface area (Å²) in [7, 11) is 3.17. The molecule has 2 saturated carbocycles. The fourth-order valence-corrected chi connectivity index (χ4v) is 11.6. The first kappa shape index (κ1) is 38.4. The van der Waals surface area contributed by atoms with E-state index in [2.05, 4.69) is 61.5 Å². The maximum Gasteiger partial charge on any atom is 0.193 e. The monoisotopic (exact) mass is 708 g/mol. The van der Waals surface area contributed by atoms with Crippen LogP contribution >= 0.6 is 0 Å². The van der Waals surface area contributed by atoms with Crippen molar-refractivity contribution in [2.75, 3.05) is 14.2 Å². The fourth-order valence-electron chi connectivity index (χ4n) is 11.6.